The van der Waals surface area contributed by atoms with E-state index in [9.17, 15) is 15.3 Å². The van der Waals surface area contributed by atoms with E-state index in [1.54, 1.807) is 0 Å². The summed E-state index contributed by atoms with van der Waals surface area (Å²) in [5.74, 6) is 9.71. The average molecular weight is 746 g/mol. The molecule has 0 aliphatic heterocycles. The standard InChI is InChI=1S/C49H55N5O2/c50-47-45-44(39-15-6-3-7-16-39)46(40-17-8-4-9-18-40)53(48(45)52-33-54(47)41-19-21-42(55)22-20-41)32-35-14-11-13-34(24-35)12-5-1-2-10-23-51-43(56)31-49-28-36-25-37(29-49)27-38(26-36)30-49/h3-4,6-9,11,13-18,24,33,36-38,41-42,50,55H,1-2,10,19-23,25-32H2,(H,51,56). The Labute approximate surface area is 331 Å². The Kier molecular flexibility index (Phi) is 10.4. The van der Waals surface area contributed by atoms with Gasteiger partial charge in [0.25, 0.3) is 0 Å². The predicted molar refractivity (Wildman–Crippen MR) is 222 cm³/mol. The molecule has 0 atom stereocenters. The molecule has 0 saturated heterocycles. The molecule has 0 radical (unpaired) electrons. The average Bonchev–Trinajstić information content (AvgIpc) is 3.52. The maximum Gasteiger partial charge on any atom is 0.220 e. The van der Waals surface area contributed by atoms with Crippen LogP contribution in [-0.2, 0) is 11.3 Å². The van der Waals surface area contributed by atoms with Gasteiger partial charge in [0.15, 0.2) is 0 Å². The highest BCUT2D eigenvalue weighted by atomic mass is 16.3. The zero-order valence-corrected chi connectivity index (χ0v) is 32.6. The second kappa shape index (κ2) is 15.9. The number of aromatic nitrogens is 3. The number of unbranched alkanes of at least 4 members (excludes halogenated alkanes) is 2. The Morgan fingerprint density at radius 3 is 2.23 bits per heavy atom. The fourth-order valence-corrected chi connectivity index (χ4v) is 11.4. The summed E-state index contributed by atoms with van der Waals surface area (Å²) in [7, 11) is 0. The van der Waals surface area contributed by atoms with Crippen molar-refractivity contribution in [3.8, 4) is 34.2 Å². The van der Waals surface area contributed by atoms with E-state index < -0.39 is 0 Å². The lowest BCUT2D eigenvalue weighted by atomic mass is 9.49. The number of aliphatic hydroxyl groups excluding tert-OH is 1. The maximum atomic E-state index is 13.0. The fraction of sp³-hybridized carbons (Fsp3) is 0.449. The van der Waals surface area contributed by atoms with Gasteiger partial charge in [-0.05, 0) is 129 Å². The van der Waals surface area contributed by atoms with Gasteiger partial charge in [-0.15, -0.1) is 0 Å². The zero-order chi connectivity index (χ0) is 38.1. The van der Waals surface area contributed by atoms with Gasteiger partial charge in [0.2, 0.25) is 5.91 Å². The molecular formula is C49H55N5O2. The molecular weight excluding hydrogens is 691 g/mol. The van der Waals surface area contributed by atoms with E-state index in [0.29, 0.717) is 17.4 Å². The van der Waals surface area contributed by atoms with E-state index in [0.717, 1.165) is 120 Å². The number of carbonyl (C=O) groups is 1. The first-order valence-corrected chi connectivity index (χ1v) is 21.2. The molecule has 56 heavy (non-hydrogen) atoms. The summed E-state index contributed by atoms with van der Waals surface area (Å²) in [6.07, 6.45) is 16.3. The van der Waals surface area contributed by atoms with Gasteiger partial charge >= 0.3 is 0 Å². The molecule has 0 spiro atoms. The second-order valence-electron chi connectivity index (χ2n) is 17.6. The summed E-state index contributed by atoms with van der Waals surface area (Å²) >= 11 is 0. The van der Waals surface area contributed by atoms with Gasteiger partial charge in [0, 0.05) is 43.1 Å². The quantitative estimate of drug-likeness (QED) is 0.0929. The summed E-state index contributed by atoms with van der Waals surface area (Å²) in [4.78, 5) is 18.1. The Hall–Kier alpha value is -4.93. The molecule has 4 bridgehead atoms. The van der Waals surface area contributed by atoms with Crippen molar-refractivity contribution in [1.82, 2.24) is 19.4 Å². The van der Waals surface area contributed by atoms with Crippen molar-refractivity contribution in [2.24, 2.45) is 23.2 Å². The molecule has 10 rings (SSSR count). The molecule has 1 amide bonds. The highest BCUT2D eigenvalue weighted by Crippen LogP contribution is 2.61. The normalized spacial score (nSPS) is 25.2. The Bertz CT molecular complexity index is 2270. The topological polar surface area (TPSA) is 95.9 Å². The summed E-state index contributed by atoms with van der Waals surface area (Å²) in [6.45, 7) is 1.32. The SMILES string of the molecule is N=c1c2c(-c3ccccc3)c(-c3ccccc3)n(Cc3cccc(C#CCCCCNC(=O)CC45CC6CC(CC(C6)C4)C5)c3)c2ncn1C1CCC(O)CC1. The molecule has 288 valence electrons. The zero-order valence-electron chi connectivity index (χ0n) is 32.6. The monoisotopic (exact) mass is 745 g/mol. The van der Waals surface area contributed by atoms with Crippen molar-refractivity contribution in [1.29, 1.82) is 5.41 Å². The van der Waals surface area contributed by atoms with Crippen molar-refractivity contribution in [3.63, 3.8) is 0 Å². The van der Waals surface area contributed by atoms with E-state index >= 15 is 0 Å². The summed E-state index contributed by atoms with van der Waals surface area (Å²) in [5.41, 5.74) is 7.87. The minimum atomic E-state index is -0.261. The number of nitrogens with zero attached hydrogens (tertiary/aromatic N) is 3. The summed E-state index contributed by atoms with van der Waals surface area (Å²) < 4.78 is 4.32. The van der Waals surface area contributed by atoms with Crippen LogP contribution in [0, 0.1) is 40.4 Å². The highest BCUT2D eigenvalue weighted by molar-refractivity contribution is 6.02. The number of hydrogen-bond acceptors (Lipinski definition) is 4. The van der Waals surface area contributed by atoms with Crippen molar-refractivity contribution in [2.45, 2.75) is 109 Å². The van der Waals surface area contributed by atoms with Gasteiger partial charge in [0.05, 0.1) is 23.5 Å². The van der Waals surface area contributed by atoms with Crippen LogP contribution in [0.1, 0.15) is 107 Å². The molecule has 5 aliphatic rings. The smallest absolute Gasteiger partial charge is 0.220 e. The molecule has 7 nitrogen and oxygen atoms in total. The molecule has 5 saturated carbocycles. The number of amides is 1. The molecule has 3 aromatic carbocycles. The first kappa shape index (κ1) is 36.7. The Morgan fingerprint density at radius 2 is 1.54 bits per heavy atom. The van der Waals surface area contributed by atoms with Crippen LogP contribution in [0.2, 0.25) is 0 Å². The van der Waals surface area contributed by atoms with E-state index in [1.807, 2.05) is 23.0 Å². The van der Waals surface area contributed by atoms with Crippen LogP contribution in [0.4, 0.5) is 0 Å². The number of nitrogens with one attached hydrogen (secondary N) is 2. The first-order valence-electron chi connectivity index (χ1n) is 21.2. The van der Waals surface area contributed by atoms with E-state index in [2.05, 4.69) is 94.5 Å². The third kappa shape index (κ3) is 7.61. The van der Waals surface area contributed by atoms with Crippen LogP contribution in [0.3, 0.4) is 0 Å². The largest absolute Gasteiger partial charge is 0.393 e. The van der Waals surface area contributed by atoms with Crippen molar-refractivity contribution in [3.05, 3.63) is 108 Å². The summed E-state index contributed by atoms with van der Waals surface area (Å²) in [6, 6.07) is 29.5. The van der Waals surface area contributed by atoms with Crippen LogP contribution in [0.15, 0.2) is 91.3 Å². The third-order valence-corrected chi connectivity index (χ3v) is 13.5. The van der Waals surface area contributed by atoms with E-state index in [-0.39, 0.29) is 18.1 Å². The molecule has 2 aromatic heterocycles. The number of carbonyl (C=O) groups excluding carboxylic acids is 1. The highest BCUT2D eigenvalue weighted by Gasteiger charge is 2.51. The lowest BCUT2D eigenvalue weighted by Gasteiger charge is -2.56. The lowest BCUT2D eigenvalue weighted by Crippen LogP contribution is -2.48. The van der Waals surface area contributed by atoms with Gasteiger partial charge in [-0.2, -0.15) is 0 Å². The van der Waals surface area contributed by atoms with Crippen molar-refractivity contribution < 1.29 is 9.90 Å². The van der Waals surface area contributed by atoms with E-state index in [4.69, 9.17) is 4.98 Å². The summed E-state index contributed by atoms with van der Waals surface area (Å²) in [5, 5.41) is 24.0. The molecule has 5 aliphatic carbocycles. The van der Waals surface area contributed by atoms with Crippen LogP contribution < -0.4 is 10.8 Å². The van der Waals surface area contributed by atoms with Crippen LogP contribution in [0.5, 0.6) is 0 Å². The first-order chi connectivity index (χ1) is 27.4. The van der Waals surface area contributed by atoms with Gasteiger partial charge in [-0.25, -0.2) is 4.98 Å². The molecule has 7 heteroatoms. The number of rotatable bonds is 11. The van der Waals surface area contributed by atoms with Crippen LogP contribution >= 0.6 is 0 Å². The third-order valence-electron chi connectivity index (χ3n) is 13.5. The lowest BCUT2D eigenvalue weighted by molar-refractivity contribution is -0.129. The Morgan fingerprint density at radius 1 is 0.857 bits per heavy atom. The fourth-order valence-electron chi connectivity index (χ4n) is 11.4. The predicted octanol–water partition coefficient (Wildman–Crippen LogP) is 9.42. The van der Waals surface area contributed by atoms with Crippen molar-refractivity contribution >= 4 is 16.9 Å². The van der Waals surface area contributed by atoms with Gasteiger partial charge in [-0.3, -0.25) is 10.2 Å². The van der Waals surface area contributed by atoms with Crippen LogP contribution in [-0.4, -0.2) is 37.8 Å². The Balaban J connectivity index is 0.916. The minimum Gasteiger partial charge on any atom is -0.393 e. The number of aliphatic hydroxyl groups is 1. The molecule has 5 fully saturated rings. The minimum absolute atomic E-state index is 0.139. The number of hydrogen-bond donors (Lipinski definition) is 3. The molecule has 3 N–H and O–H groups in total. The maximum absolute atomic E-state index is 13.0. The van der Waals surface area contributed by atoms with Gasteiger partial charge in [0.1, 0.15) is 11.1 Å². The molecule has 5 aromatic rings. The molecule has 0 unspecified atom stereocenters. The van der Waals surface area contributed by atoms with E-state index in [1.165, 1.54) is 38.5 Å². The number of benzene rings is 3. The molecule has 2 heterocycles. The second-order valence-corrected chi connectivity index (χ2v) is 17.6. The van der Waals surface area contributed by atoms with Crippen molar-refractivity contribution in [2.75, 3.05) is 6.54 Å². The van der Waals surface area contributed by atoms with Crippen LogP contribution in [0.25, 0.3) is 33.4 Å². The van der Waals surface area contributed by atoms with Gasteiger partial charge < -0.3 is 19.6 Å². The number of fused-ring (bicyclic) bond motifs is 1. The van der Waals surface area contributed by atoms with Gasteiger partial charge in [-0.1, -0.05) is 84.6 Å².